The van der Waals surface area contributed by atoms with Crippen molar-refractivity contribution in [3.8, 4) is 0 Å². The molecule has 1 aromatic heterocycles. The number of rotatable bonds is 6. The number of hydrogen-bond acceptors (Lipinski definition) is 7. The van der Waals surface area contributed by atoms with E-state index in [1.807, 2.05) is 0 Å². The normalized spacial score (nSPS) is 10.4. The van der Waals surface area contributed by atoms with Crippen LogP contribution in [-0.4, -0.2) is 23.3 Å². The van der Waals surface area contributed by atoms with Crippen molar-refractivity contribution < 1.29 is 14.3 Å². The highest BCUT2D eigenvalue weighted by molar-refractivity contribution is 7.18. The average molecular weight is 402 g/mol. The molecule has 0 fully saturated rings. The van der Waals surface area contributed by atoms with Crippen molar-refractivity contribution in [3.63, 3.8) is 0 Å². The molecule has 0 saturated heterocycles. The van der Waals surface area contributed by atoms with Crippen LogP contribution in [0.2, 0.25) is 5.02 Å². The smallest absolute Gasteiger partial charge is 0.338 e. The van der Waals surface area contributed by atoms with E-state index in [1.165, 1.54) is 0 Å². The Labute approximate surface area is 164 Å². The first kappa shape index (κ1) is 18.9. The van der Waals surface area contributed by atoms with Gasteiger partial charge in [-0.05, 0) is 43.3 Å². The van der Waals surface area contributed by atoms with E-state index in [4.69, 9.17) is 22.1 Å². The first-order valence-corrected chi connectivity index (χ1v) is 9.28. The Morgan fingerprint density at radius 1 is 1.19 bits per heavy atom. The van der Waals surface area contributed by atoms with E-state index in [0.29, 0.717) is 38.5 Å². The van der Waals surface area contributed by atoms with Crippen LogP contribution in [0.4, 0.5) is 16.6 Å². The lowest BCUT2D eigenvalue weighted by atomic mass is 10.1. The molecule has 27 heavy (non-hydrogen) atoms. The van der Waals surface area contributed by atoms with Gasteiger partial charge in [-0.2, -0.15) is 0 Å². The summed E-state index contributed by atoms with van der Waals surface area (Å²) in [7, 11) is 0. The fourth-order valence-corrected chi connectivity index (χ4v) is 3.42. The lowest BCUT2D eigenvalue weighted by Gasteiger charge is -2.04. The molecule has 138 valence electrons. The van der Waals surface area contributed by atoms with Gasteiger partial charge >= 0.3 is 5.97 Å². The number of nitrogen functional groups attached to an aromatic ring is 1. The van der Waals surface area contributed by atoms with Gasteiger partial charge in [-0.15, -0.1) is 0 Å². The van der Waals surface area contributed by atoms with Crippen molar-refractivity contribution in [1.82, 2.24) is 4.98 Å². The number of ketones is 1. The van der Waals surface area contributed by atoms with Crippen molar-refractivity contribution in [1.29, 1.82) is 0 Å². The van der Waals surface area contributed by atoms with Crippen LogP contribution in [0.15, 0.2) is 48.5 Å². The Morgan fingerprint density at radius 3 is 2.56 bits per heavy atom. The van der Waals surface area contributed by atoms with Gasteiger partial charge in [-0.25, -0.2) is 9.78 Å². The van der Waals surface area contributed by atoms with Crippen LogP contribution in [0.25, 0.3) is 0 Å². The maximum absolute atomic E-state index is 12.7. The second-order valence-corrected chi connectivity index (χ2v) is 6.87. The van der Waals surface area contributed by atoms with Gasteiger partial charge in [-0.1, -0.05) is 35.1 Å². The van der Waals surface area contributed by atoms with Crippen LogP contribution >= 0.6 is 22.9 Å². The molecular weight excluding hydrogens is 386 g/mol. The zero-order valence-electron chi connectivity index (χ0n) is 14.4. The number of nitrogens with zero attached hydrogens (tertiary/aromatic N) is 1. The van der Waals surface area contributed by atoms with Crippen molar-refractivity contribution in [3.05, 3.63) is 69.6 Å². The quantitative estimate of drug-likeness (QED) is 0.465. The number of halogens is 1. The predicted molar refractivity (Wildman–Crippen MR) is 107 cm³/mol. The number of benzene rings is 2. The van der Waals surface area contributed by atoms with Crippen LogP contribution in [0.1, 0.15) is 32.5 Å². The van der Waals surface area contributed by atoms with Crippen molar-refractivity contribution >= 4 is 51.3 Å². The Morgan fingerprint density at radius 2 is 1.89 bits per heavy atom. The number of thiazole rings is 1. The topological polar surface area (TPSA) is 94.3 Å². The molecule has 0 amide bonds. The minimum Gasteiger partial charge on any atom is -0.462 e. The molecular formula is C19H16ClN3O3S. The van der Waals surface area contributed by atoms with Gasteiger partial charge in [0.2, 0.25) is 5.78 Å². The van der Waals surface area contributed by atoms with Crippen LogP contribution < -0.4 is 11.1 Å². The summed E-state index contributed by atoms with van der Waals surface area (Å²) in [4.78, 5) is 28.9. The van der Waals surface area contributed by atoms with Crippen LogP contribution in [0, 0.1) is 0 Å². The number of ether oxygens (including phenoxy) is 1. The molecule has 0 spiro atoms. The van der Waals surface area contributed by atoms with Crippen LogP contribution in [0.5, 0.6) is 0 Å². The van der Waals surface area contributed by atoms with E-state index in [0.717, 1.165) is 11.3 Å². The highest BCUT2D eigenvalue weighted by Crippen LogP contribution is 2.31. The second-order valence-electron chi connectivity index (χ2n) is 5.47. The van der Waals surface area contributed by atoms with E-state index in [1.54, 1.807) is 55.5 Å². The standard InChI is InChI=1S/C19H16ClN3O3S/c1-2-26-18(25)11-7-9-12(10-8-11)22-19-23-17(21)16(27-19)15(24)13-5-3-4-6-14(13)20/h3-10H,2,21H2,1H3,(H,22,23). The lowest BCUT2D eigenvalue weighted by Crippen LogP contribution is -2.04. The second kappa shape index (κ2) is 8.20. The van der Waals surface area contributed by atoms with Crippen molar-refractivity contribution in [2.24, 2.45) is 0 Å². The summed E-state index contributed by atoms with van der Waals surface area (Å²) >= 11 is 7.23. The number of nitrogens with one attached hydrogen (secondary N) is 1. The Bertz CT molecular complexity index is 986. The van der Waals surface area contributed by atoms with E-state index < -0.39 is 0 Å². The number of carbonyl (C=O) groups excluding carboxylic acids is 2. The third-order valence-electron chi connectivity index (χ3n) is 3.63. The van der Waals surface area contributed by atoms with Gasteiger partial charge in [0.15, 0.2) is 5.13 Å². The molecule has 0 saturated carbocycles. The van der Waals surface area contributed by atoms with E-state index in [2.05, 4.69) is 10.3 Å². The molecule has 6 nitrogen and oxygen atoms in total. The van der Waals surface area contributed by atoms with E-state index in [-0.39, 0.29) is 17.6 Å². The predicted octanol–water partition coefficient (Wildman–Crippen LogP) is 4.53. The Kier molecular flexibility index (Phi) is 5.73. The van der Waals surface area contributed by atoms with Gasteiger partial charge < -0.3 is 15.8 Å². The zero-order chi connectivity index (χ0) is 19.4. The summed E-state index contributed by atoms with van der Waals surface area (Å²) in [6.07, 6.45) is 0. The first-order valence-electron chi connectivity index (χ1n) is 8.09. The highest BCUT2D eigenvalue weighted by Gasteiger charge is 2.20. The van der Waals surface area contributed by atoms with E-state index >= 15 is 0 Å². The lowest BCUT2D eigenvalue weighted by molar-refractivity contribution is 0.0526. The van der Waals surface area contributed by atoms with Gasteiger partial charge in [0.25, 0.3) is 0 Å². The number of anilines is 3. The SMILES string of the molecule is CCOC(=O)c1ccc(Nc2nc(N)c(C(=O)c3ccccc3Cl)s2)cc1. The molecule has 3 N–H and O–H groups in total. The monoisotopic (exact) mass is 401 g/mol. The summed E-state index contributed by atoms with van der Waals surface area (Å²) < 4.78 is 4.95. The minimum absolute atomic E-state index is 0.135. The number of esters is 1. The summed E-state index contributed by atoms with van der Waals surface area (Å²) in [6, 6.07) is 13.5. The van der Waals surface area contributed by atoms with Crippen LogP contribution in [-0.2, 0) is 4.74 Å². The van der Waals surface area contributed by atoms with Gasteiger partial charge in [0, 0.05) is 11.3 Å². The summed E-state index contributed by atoms with van der Waals surface area (Å²) in [5, 5.41) is 3.90. The maximum atomic E-state index is 12.7. The summed E-state index contributed by atoms with van der Waals surface area (Å²) in [6.45, 7) is 2.07. The largest absolute Gasteiger partial charge is 0.462 e. The van der Waals surface area contributed by atoms with Gasteiger partial charge in [0.1, 0.15) is 10.7 Å². The molecule has 0 radical (unpaired) electrons. The molecule has 0 aliphatic rings. The van der Waals surface area contributed by atoms with Gasteiger partial charge in [0.05, 0.1) is 17.2 Å². The molecule has 2 aromatic carbocycles. The highest BCUT2D eigenvalue weighted by atomic mass is 35.5. The number of hydrogen-bond donors (Lipinski definition) is 2. The fourth-order valence-electron chi connectivity index (χ4n) is 2.34. The molecule has 0 atom stereocenters. The molecule has 3 aromatic rings. The fraction of sp³-hybridized carbons (Fsp3) is 0.105. The summed E-state index contributed by atoms with van der Waals surface area (Å²) in [5.41, 5.74) is 7.45. The van der Waals surface area contributed by atoms with Crippen molar-refractivity contribution in [2.45, 2.75) is 6.92 Å². The van der Waals surface area contributed by atoms with Crippen LogP contribution in [0.3, 0.4) is 0 Å². The number of aromatic nitrogens is 1. The first-order chi connectivity index (χ1) is 13.0. The third-order valence-corrected chi connectivity index (χ3v) is 4.94. The summed E-state index contributed by atoms with van der Waals surface area (Å²) in [5.74, 6) is -0.521. The van der Waals surface area contributed by atoms with Crippen molar-refractivity contribution in [2.75, 3.05) is 17.7 Å². The number of nitrogens with two attached hydrogens (primary N) is 1. The molecule has 3 rings (SSSR count). The average Bonchev–Trinajstić information content (AvgIpc) is 3.02. The molecule has 0 unspecified atom stereocenters. The molecule has 0 aliphatic carbocycles. The van der Waals surface area contributed by atoms with Gasteiger partial charge in [-0.3, -0.25) is 4.79 Å². The number of carbonyl (C=O) groups is 2. The minimum atomic E-state index is -0.379. The van der Waals surface area contributed by atoms with E-state index in [9.17, 15) is 9.59 Å². The zero-order valence-corrected chi connectivity index (χ0v) is 15.9. The Hall–Kier alpha value is -2.90. The Balaban J connectivity index is 1.78. The molecule has 0 aliphatic heterocycles. The third kappa shape index (κ3) is 4.27. The molecule has 8 heteroatoms. The maximum Gasteiger partial charge on any atom is 0.338 e. The molecule has 0 bridgehead atoms. The molecule has 1 heterocycles.